The van der Waals surface area contributed by atoms with Gasteiger partial charge in [-0.3, -0.25) is 0 Å². The number of methoxy groups -OCH3 is 1. The number of aryl methyl sites for hydroxylation is 1. The summed E-state index contributed by atoms with van der Waals surface area (Å²) in [5.74, 6) is 0. The van der Waals surface area contributed by atoms with E-state index in [1.54, 1.807) is 7.11 Å². The predicted octanol–water partition coefficient (Wildman–Crippen LogP) is 3.48. The Labute approximate surface area is 88.3 Å². The van der Waals surface area contributed by atoms with E-state index in [0.29, 0.717) is 0 Å². The topological polar surface area (TPSA) is 9.23 Å². The summed E-state index contributed by atoms with van der Waals surface area (Å²) >= 11 is 1.83. The van der Waals surface area contributed by atoms with Crippen LogP contribution in [0.3, 0.4) is 0 Å². The zero-order chi connectivity index (χ0) is 9.80. The molecule has 0 N–H and O–H groups in total. The minimum absolute atomic E-state index is 0.849. The van der Waals surface area contributed by atoms with E-state index in [2.05, 4.69) is 29.6 Å². The average molecular weight is 206 g/mol. The second kappa shape index (κ2) is 4.58. The lowest BCUT2D eigenvalue weighted by Crippen LogP contribution is -1.92. The molecule has 1 aromatic heterocycles. The third-order valence-corrected chi connectivity index (χ3v) is 3.36. The number of hydrogen-bond acceptors (Lipinski definition) is 2. The minimum Gasteiger partial charge on any atom is -0.385 e. The molecule has 74 valence electrons. The molecule has 0 aliphatic carbocycles. The van der Waals surface area contributed by atoms with E-state index in [1.807, 2.05) is 11.3 Å². The van der Waals surface area contributed by atoms with Crippen molar-refractivity contribution in [3.8, 4) is 0 Å². The SMILES string of the molecule is COCCCc1cccc2ccsc12. The third-order valence-electron chi connectivity index (χ3n) is 2.36. The van der Waals surface area contributed by atoms with Crippen molar-refractivity contribution in [1.82, 2.24) is 0 Å². The zero-order valence-electron chi connectivity index (χ0n) is 8.32. The van der Waals surface area contributed by atoms with Gasteiger partial charge in [0.2, 0.25) is 0 Å². The van der Waals surface area contributed by atoms with Crippen LogP contribution in [-0.2, 0) is 11.2 Å². The first kappa shape index (κ1) is 9.69. The van der Waals surface area contributed by atoms with E-state index in [0.717, 1.165) is 19.4 Å². The maximum atomic E-state index is 5.06. The van der Waals surface area contributed by atoms with Crippen molar-refractivity contribution >= 4 is 21.4 Å². The van der Waals surface area contributed by atoms with Gasteiger partial charge in [-0.25, -0.2) is 0 Å². The maximum Gasteiger partial charge on any atom is 0.0465 e. The van der Waals surface area contributed by atoms with Crippen molar-refractivity contribution in [3.63, 3.8) is 0 Å². The summed E-state index contributed by atoms with van der Waals surface area (Å²) in [6, 6.07) is 8.71. The van der Waals surface area contributed by atoms with Crippen molar-refractivity contribution in [1.29, 1.82) is 0 Å². The molecule has 2 rings (SSSR count). The molecular weight excluding hydrogens is 192 g/mol. The summed E-state index contributed by atoms with van der Waals surface area (Å²) in [6.07, 6.45) is 2.22. The Morgan fingerprint density at radius 2 is 2.21 bits per heavy atom. The van der Waals surface area contributed by atoms with Crippen LogP contribution in [0.25, 0.3) is 10.1 Å². The van der Waals surface area contributed by atoms with Gasteiger partial charge in [0.15, 0.2) is 0 Å². The number of benzene rings is 1. The molecule has 0 atom stereocenters. The van der Waals surface area contributed by atoms with Crippen molar-refractivity contribution in [2.45, 2.75) is 12.8 Å². The minimum atomic E-state index is 0.849. The van der Waals surface area contributed by atoms with Gasteiger partial charge in [-0.1, -0.05) is 18.2 Å². The number of thiophene rings is 1. The van der Waals surface area contributed by atoms with Crippen LogP contribution >= 0.6 is 11.3 Å². The highest BCUT2D eigenvalue weighted by Crippen LogP contribution is 2.25. The van der Waals surface area contributed by atoms with E-state index in [9.17, 15) is 0 Å². The maximum absolute atomic E-state index is 5.06. The fourth-order valence-electron chi connectivity index (χ4n) is 1.66. The largest absolute Gasteiger partial charge is 0.385 e. The van der Waals surface area contributed by atoms with Crippen LogP contribution in [0.1, 0.15) is 12.0 Å². The van der Waals surface area contributed by atoms with E-state index >= 15 is 0 Å². The summed E-state index contributed by atoms with van der Waals surface area (Å²) in [7, 11) is 1.76. The predicted molar refractivity (Wildman–Crippen MR) is 62.0 cm³/mol. The molecule has 0 aliphatic heterocycles. The molecule has 1 aromatic carbocycles. The van der Waals surface area contributed by atoms with Crippen LogP contribution in [0.2, 0.25) is 0 Å². The van der Waals surface area contributed by atoms with E-state index in [4.69, 9.17) is 4.74 Å². The lowest BCUT2D eigenvalue weighted by Gasteiger charge is -2.02. The smallest absolute Gasteiger partial charge is 0.0465 e. The lowest BCUT2D eigenvalue weighted by atomic mass is 10.1. The van der Waals surface area contributed by atoms with Crippen molar-refractivity contribution in [2.24, 2.45) is 0 Å². The molecule has 0 bridgehead atoms. The molecule has 0 aliphatic rings. The van der Waals surface area contributed by atoms with Gasteiger partial charge in [0, 0.05) is 18.4 Å². The Hall–Kier alpha value is -0.860. The Balaban J connectivity index is 2.19. The molecule has 2 heteroatoms. The Morgan fingerprint density at radius 3 is 3.07 bits per heavy atom. The van der Waals surface area contributed by atoms with E-state index < -0.39 is 0 Å². The Morgan fingerprint density at radius 1 is 1.29 bits per heavy atom. The number of rotatable bonds is 4. The zero-order valence-corrected chi connectivity index (χ0v) is 9.14. The summed E-state index contributed by atoms with van der Waals surface area (Å²) in [6.45, 7) is 0.849. The highest BCUT2D eigenvalue weighted by atomic mass is 32.1. The van der Waals surface area contributed by atoms with Crippen molar-refractivity contribution < 1.29 is 4.74 Å². The average Bonchev–Trinajstić information content (AvgIpc) is 2.67. The van der Waals surface area contributed by atoms with Gasteiger partial charge in [0.05, 0.1) is 0 Å². The van der Waals surface area contributed by atoms with Gasteiger partial charge >= 0.3 is 0 Å². The summed E-state index contributed by atoms with van der Waals surface area (Å²) in [4.78, 5) is 0. The fourth-order valence-corrected chi connectivity index (χ4v) is 2.60. The van der Waals surface area contributed by atoms with Gasteiger partial charge in [0.1, 0.15) is 0 Å². The third kappa shape index (κ3) is 1.97. The molecule has 0 unspecified atom stereocenters. The Bertz CT molecular complexity index is 405. The van der Waals surface area contributed by atoms with Crippen LogP contribution in [0.5, 0.6) is 0 Å². The first-order valence-corrected chi connectivity index (χ1v) is 5.74. The molecule has 1 heterocycles. The quantitative estimate of drug-likeness (QED) is 0.696. The van der Waals surface area contributed by atoms with E-state index in [-0.39, 0.29) is 0 Å². The van der Waals surface area contributed by atoms with Gasteiger partial charge in [-0.2, -0.15) is 0 Å². The van der Waals surface area contributed by atoms with Crippen molar-refractivity contribution in [3.05, 3.63) is 35.2 Å². The van der Waals surface area contributed by atoms with Gasteiger partial charge in [-0.15, -0.1) is 11.3 Å². The molecule has 0 fully saturated rings. The number of fused-ring (bicyclic) bond motifs is 1. The molecule has 0 saturated carbocycles. The summed E-state index contributed by atoms with van der Waals surface area (Å²) in [5, 5.41) is 3.52. The van der Waals surface area contributed by atoms with Crippen molar-refractivity contribution in [2.75, 3.05) is 13.7 Å². The highest BCUT2D eigenvalue weighted by Gasteiger charge is 2.01. The van der Waals surface area contributed by atoms with Crippen LogP contribution < -0.4 is 0 Å². The number of ether oxygens (including phenoxy) is 1. The highest BCUT2D eigenvalue weighted by molar-refractivity contribution is 7.17. The summed E-state index contributed by atoms with van der Waals surface area (Å²) in [5.41, 5.74) is 1.45. The van der Waals surface area contributed by atoms with Crippen LogP contribution in [0.4, 0.5) is 0 Å². The lowest BCUT2D eigenvalue weighted by molar-refractivity contribution is 0.195. The molecular formula is C12H14OS. The molecule has 0 saturated heterocycles. The number of hydrogen-bond donors (Lipinski definition) is 0. The molecule has 1 nitrogen and oxygen atoms in total. The molecule has 0 radical (unpaired) electrons. The molecule has 2 aromatic rings. The van der Waals surface area contributed by atoms with Gasteiger partial charge in [0.25, 0.3) is 0 Å². The first-order valence-electron chi connectivity index (χ1n) is 4.86. The first-order chi connectivity index (χ1) is 6.92. The summed E-state index contributed by atoms with van der Waals surface area (Å²) < 4.78 is 6.49. The van der Waals surface area contributed by atoms with E-state index in [1.165, 1.54) is 15.6 Å². The molecule has 0 spiro atoms. The normalized spacial score (nSPS) is 10.9. The van der Waals surface area contributed by atoms with Crippen LogP contribution in [0.15, 0.2) is 29.6 Å². The Kier molecular flexibility index (Phi) is 3.17. The van der Waals surface area contributed by atoms with Gasteiger partial charge < -0.3 is 4.74 Å². The monoisotopic (exact) mass is 206 g/mol. The second-order valence-corrected chi connectivity index (χ2v) is 4.27. The molecule has 0 amide bonds. The second-order valence-electron chi connectivity index (χ2n) is 3.35. The molecule has 14 heavy (non-hydrogen) atoms. The van der Waals surface area contributed by atoms with Crippen LogP contribution in [0, 0.1) is 0 Å². The van der Waals surface area contributed by atoms with Gasteiger partial charge in [-0.05, 0) is 35.2 Å². The fraction of sp³-hybridized carbons (Fsp3) is 0.333. The van der Waals surface area contributed by atoms with Crippen LogP contribution in [-0.4, -0.2) is 13.7 Å². The standard InChI is InChI=1S/C12H14OS/c1-13-8-3-6-10-4-2-5-11-7-9-14-12(10)11/h2,4-5,7,9H,3,6,8H2,1H3.